The van der Waals surface area contributed by atoms with Gasteiger partial charge in [0.15, 0.2) is 0 Å². The van der Waals surface area contributed by atoms with Crippen LogP contribution < -0.4 is 11.1 Å². The summed E-state index contributed by atoms with van der Waals surface area (Å²) in [5.74, 6) is -0.109. The molecule has 0 spiro atoms. The predicted octanol–water partition coefficient (Wildman–Crippen LogP) is 2.26. The molecule has 1 aromatic carbocycles. The van der Waals surface area contributed by atoms with Crippen molar-refractivity contribution in [3.63, 3.8) is 0 Å². The first-order chi connectivity index (χ1) is 8.42. The Morgan fingerprint density at radius 3 is 2.72 bits per heavy atom. The Hall–Kier alpha value is -1.55. The lowest BCUT2D eigenvalue weighted by atomic mass is 10.0. The number of ether oxygens (including phenoxy) is 1. The molecule has 0 saturated carbocycles. The van der Waals surface area contributed by atoms with Crippen molar-refractivity contribution in [2.24, 2.45) is 0 Å². The first-order valence-corrected chi connectivity index (χ1v) is 6.14. The molecule has 0 aliphatic carbocycles. The highest BCUT2D eigenvalue weighted by Gasteiger charge is 2.31. The van der Waals surface area contributed by atoms with Crippen molar-refractivity contribution in [1.82, 2.24) is 5.32 Å². The third kappa shape index (κ3) is 3.23. The van der Waals surface area contributed by atoms with Crippen LogP contribution in [-0.4, -0.2) is 18.6 Å². The van der Waals surface area contributed by atoms with Gasteiger partial charge in [0.2, 0.25) is 0 Å². The number of hydrogen-bond donors (Lipinski definition) is 2. The molecule has 2 unspecified atom stereocenters. The van der Waals surface area contributed by atoms with Gasteiger partial charge in [-0.3, -0.25) is 4.79 Å². The molecule has 100 valence electrons. The van der Waals surface area contributed by atoms with Crippen molar-refractivity contribution in [2.45, 2.75) is 38.8 Å². The second kappa shape index (κ2) is 5.87. The van der Waals surface area contributed by atoms with Gasteiger partial charge in [-0.15, -0.1) is 0 Å². The predicted molar refractivity (Wildman–Crippen MR) is 73.1 cm³/mol. The number of methoxy groups -OCH3 is 1. The average molecular weight is 250 g/mol. The summed E-state index contributed by atoms with van der Waals surface area (Å²) in [4.78, 5) is 12.1. The maximum Gasteiger partial charge on any atom is 0.252 e. The number of nitrogens with one attached hydrogen (secondary N) is 1. The fourth-order valence-corrected chi connectivity index (χ4v) is 1.66. The normalized spacial score (nSPS) is 15.8. The van der Waals surface area contributed by atoms with E-state index in [9.17, 15) is 4.79 Å². The quantitative estimate of drug-likeness (QED) is 0.788. The molecule has 0 radical (unpaired) electrons. The van der Waals surface area contributed by atoms with E-state index < -0.39 is 5.60 Å². The van der Waals surface area contributed by atoms with Crippen LogP contribution in [0.1, 0.15) is 38.8 Å². The number of carbonyl (C=O) groups excluding carboxylic acids is 1. The van der Waals surface area contributed by atoms with Crippen molar-refractivity contribution in [2.75, 3.05) is 12.8 Å². The Morgan fingerprint density at radius 2 is 2.22 bits per heavy atom. The molecule has 2 atom stereocenters. The van der Waals surface area contributed by atoms with E-state index in [0.29, 0.717) is 12.1 Å². The Morgan fingerprint density at radius 1 is 1.56 bits per heavy atom. The Bertz CT molecular complexity index is 414. The second-order valence-corrected chi connectivity index (χ2v) is 4.65. The van der Waals surface area contributed by atoms with E-state index in [2.05, 4.69) is 5.32 Å². The molecule has 4 nitrogen and oxygen atoms in total. The van der Waals surface area contributed by atoms with Gasteiger partial charge in [0.05, 0.1) is 6.04 Å². The Labute approximate surface area is 109 Å². The van der Waals surface area contributed by atoms with Crippen molar-refractivity contribution in [1.29, 1.82) is 0 Å². The molecule has 0 bridgehead atoms. The monoisotopic (exact) mass is 250 g/mol. The fourth-order valence-electron chi connectivity index (χ4n) is 1.66. The first kappa shape index (κ1) is 14.5. The molecule has 0 heterocycles. The molecule has 0 saturated heterocycles. The summed E-state index contributed by atoms with van der Waals surface area (Å²) >= 11 is 0. The Balaban J connectivity index is 2.76. The van der Waals surface area contributed by atoms with Crippen molar-refractivity contribution in [3.05, 3.63) is 29.8 Å². The van der Waals surface area contributed by atoms with Crippen LogP contribution in [0.2, 0.25) is 0 Å². The first-order valence-electron chi connectivity index (χ1n) is 6.14. The average Bonchev–Trinajstić information content (AvgIpc) is 2.37. The van der Waals surface area contributed by atoms with E-state index in [1.807, 2.05) is 38.1 Å². The largest absolute Gasteiger partial charge is 0.399 e. The summed E-state index contributed by atoms with van der Waals surface area (Å²) in [6, 6.07) is 7.41. The lowest BCUT2D eigenvalue weighted by molar-refractivity contribution is -0.142. The van der Waals surface area contributed by atoms with Crippen LogP contribution in [0.3, 0.4) is 0 Å². The van der Waals surface area contributed by atoms with Gasteiger partial charge in [-0.25, -0.2) is 0 Å². The molecule has 1 aromatic rings. The van der Waals surface area contributed by atoms with Crippen molar-refractivity contribution < 1.29 is 9.53 Å². The number of amides is 1. The summed E-state index contributed by atoms with van der Waals surface area (Å²) in [6.07, 6.45) is 0.624. The van der Waals surface area contributed by atoms with Crippen LogP contribution in [0.5, 0.6) is 0 Å². The van der Waals surface area contributed by atoms with Gasteiger partial charge in [0, 0.05) is 12.8 Å². The number of rotatable bonds is 5. The molecule has 1 amide bonds. The zero-order chi connectivity index (χ0) is 13.8. The van der Waals surface area contributed by atoms with Gasteiger partial charge >= 0.3 is 0 Å². The number of anilines is 1. The summed E-state index contributed by atoms with van der Waals surface area (Å²) in [5, 5.41) is 2.95. The number of benzene rings is 1. The molecular weight excluding hydrogens is 228 g/mol. The summed E-state index contributed by atoms with van der Waals surface area (Å²) in [5.41, 5.74) is 6.62. The van der Waals surface area contributed by atoms with Crippen molar-refractivity contribution >= 4 is 11.6 Å². The highest BCUT2D eigenvalue weighted by molar-refractivity contribution is 5.85. The SMILES string of the molecule is CCC(C)(OC)C(=O)NC(C)c1cccc(N)c1. The third-order valence-corrected chi connectivity index (χ3v) is 3.36. The van der Waals surface area contributed by atoms with E-state index in [1.165, 1.54) is 0 Å². The van der Waals surface area contributed by atoms with Crippen LogP contribution in [-0.2, 0) is 9.53 Å². The minimum Gasteiger partial charge on any atom is -0.399 e. The van der Waals surface area contributed by atoms with E-state index in [0.717, 1.165) is 5.56 Å². The van der Waals surface area contributed by atoms with Gasteiger partial charge < -0.3 is 15.8 Å². The van der Waals surface area contributed by atoms with Crippen molar-refractivity contribution in [3.8, 4) is 0 Å². The third-order valence-electron chi connectivity index (χ3n) is 3.36. The van der Waals surface area contributed by atoms with E-state index in [-0.39, 0.29) is 11.9 Å². The van der Waals surface area contributed by atoms with Crippen LogP contribution in [0.4, 0.5) is 5.69 Å². The smallest absolute Gasteiger partial charge is 0.252 e. The van der Waals surface area contributed by atoms with Gasteiger partial charge in [0.1, 0.15) is 5.60 Å². The summed E-state index contributed by atoms with van der Waals surface area (Å²) in [7, 11) is 1.55. The van der Waals surface area contributed by atoms with Gasteiger partial charge in [-0.2, -0.15) is 0 Å². The molecule has 3 N–H and O–H groups in total. The zero-order valence-corrected chi connectivity index (χ0v) is 11.5. The summed E-state index contributed by atoms with van der Waals surface area (Å²) in [6.45, 7) is 5.64. The van der Waals surface area contributed by atoms with Gasteiger partial charge in [0.25, 0.3) is 5.91 Å². The molecule has 0 aromatic heterocycles. The number of hydrogen-bond acceptors (Lipinski definition) is 3. The van der Waals surface area contributed by atoms with E-state index >= 15 is 0 Å². The second-order valence-electron chi connectivity index (χ2n) is 4.65. The van der Waals surface area contributed by atoms with Gasteiger partial charge in [-0.1, -0.05) is 19.1 Å². The van der Waals surface area contributed by atoms with Gasteiger partial charge in [-0.05, 0) is 38.0 Å². The Kier molecular flexibility index (Phi) is 4.73. The van der Waals surface area contributed by atoms with Crippen LogP contribution in [0.25, 0.3) is 0 Å². The topological polar surface area (TPSA) is 64.3 Å². The highest BCUT2D eigenvalue weighted by atomic mass is 16.5. The molecule has 4 heteroatoms. The number of carbonyl (C=O) groups is 1. The van der Waals surface area contributed by atoms with Crippen LogP contribution >= 0.6 is 0 Å². The minimum absolute atomic E-state index is 0.0953. The maximum atomic E-state index is 12.1. The number of nitrogens with two attached hydrogens (primary N) is 1. The molecular formula is C14H22N2O2. The molecule has 18 heavy (non-hydrogen) atoms. The van der Waals surface area contributed by atoms with E-state index in [1.54, 1.807) is 14.0 Å². The number of nitrogen functional groups attached to an aromatic ring is 1. The zero-order valence-electron chi connectivity index (χ0n) is 11.5. The molecule has 1 rings (SSSR count). The minimum atomic E-state index is -0.783. The molecule has 0 aliphatic heterocycles. The molecule has 0 aliphatic rings. The standard InChI is InChI=1S/C14H22N2O2/c1-5-14(3,18-4)13(17)16-10(2)11-7-6-8-12(15)9-11/h6-10H,5,15H2,1-4H3,(H,16,17). The molecule has 0 fully saturated rings. The summed E-state index contributed by atoms with van der Waals surface area (Å²) < 4.78 is 5.27. The highest BCUT2D eigenvalue weighted by Crippen LogP contribution is 2.19. The lowest BCUT2D eigenvalue weighted by Crippen LogP contribution is -2.46. The van der Waals surface area contributed by atoms with Crippen LogP contribution in [0.15, 0.2) is 24.3 Å². The van der Waals surface area contributed by atoms with Crippen LogP contribution in [0, 0.1) is 0 Å². The fraction of sp³-hybridized carbons (Fsp3) is 0.500. The van der Waals surface area contributed by atoms with E-state index in [4.69, 9.17) is 10.5 Å². The lowest BCUT2D eigenvalue weighted by Gasteiger charge is -2.27. The maximum absolute atomic E-state index is 12.1.